The van der Waals surface area contributed by atoms with E-state index in [1.807, 2.05) is 12.1 Å². The molecule has 1 amide bonds. The van der Waals surface area contributed by atoms with Gasteiger partial charge in [-0.1, -0.05) is 23.2 Å². The third-order valence-electron chi connectivity index (χ3n) is 4.79. The van der Waals surface area contributed by atoms with Crippen molar-refractivity contribution in [3.05, 3.63) is 52.6 Å². The molecule has 160 valence electrons. The first-order valence-corrected chi connectivity index (χ1v) is 10.7. The second-order valence-electron chi connectivity index (χ2n) is 7.04. The quantitative estimate of drug-likeness (QED) is 0.342. The molecule has 3 N–H and O–H groups in total. The van der Waals surface area contributed by atoms with E-state index >= 15 is 0 Å². The molecule has 1 aliphatic rings. The molecule has 9 heteroatoms. The van der Waals surface area contributed by atoms with Crippen molar-refractivity contribution in [2.75, 3.05) is 36.9 Å². The number of pyridine rings is 1. The highest BCUT2D eigenvalue weighted by molar-refractivity contribution is 6.33. The fourth-order valence-electron chi connectivity index (χ4n) is 3.28. The van der Waals surface area contributed by atoms with Gasteiger partial charge in [0.2, 0.25) is 5.91 Å². The Morgan fingerprint density at radius 1 is 1.27 bits per heavy atom. The number of carbonyl (C=O) groups excluding carboxylic acids is 1. The molecule has 1 unspecified atom stereocenters. The number of nitrogens with zero attached hydrogens (tertiary/aromatic N) is 3. The fourth-order valence-corrected chi connectivity index (χ4v) is 3.65. The Hall–Kier alpha value is -2.51. The fraction of sp³-hybridized carbons (Fsp3) is 0.381. The van der Waals surface area contributed by atoms with Crippen LogP contribution in [0.5, 0.6) is 0 Å². The third kappa shape index (κ3) is 6.50. The van der Waals surface area contributed by atoms with E-state index in [1.165, 1.54) is 0 Å². The monoisotopic (exact) mass is 448 g/mol. The molecule has 1 aromatic carbocycles. The summed E-state index contributed by atoms with van der Waals surface area (Å²) in [5, 5.41) is 10.9. The Balaban J connectivity index is 1.36. The summed E-state index contributed by atoms with van der Waals surface area (Å²) >= 11 is 12.1. The van der Waals surface area contributed by atoms with E-state index < -0.39 is 0 Å². The number of halogens is 2. The van der Waals surface area contributed by atoms with Gasteiger partial charge in [-0.15, -0.1) is 0 Å². The number of aromatic nitrogens is 1. The van der Waals surface area contributed by atoms with Gasteiger partial charge in [0.15, 0.2) is 5.96 Å². The predicted octanol–water partition coefficient (Wildman–Crippen LogP) is 3.55. The third-order valence-corrected chi connectivity index (χ3v) is 5.34. The summed E-state index contributed by atoms with van der Waals surface area (Å²) < 4.78 is 0. The first kappa shape index (κ1) is 22.2. The molecule has 0 saturated carbocycles. The van der Waals surface area contributed by atoms with Crippen molar-refractivity contribution in [3.63, 3.8) is 0 Å². The maximum atomic E-state index is 12.0. The molecule has 0 radical (unpaired) electrons. The summed E-state index contributed by atoms with van der Waals surface area (Å²) in [6.45, 7) is 2.34. The molecule has 0 bridgehead atoms. The van der Waals surface area contributed by atoms with Crippen LogP contribution in [-0.4, -0.2) is 49.6 Å². The number of amides is 1. The average molecular weight is 449 g/mol. The molecule has 1 aliphatic heterocycles. The Kier molecular flexibility index (Phi) is 8.16. The number of guanidine groups is 1. The Labute approximate surface area is 186 Å². The second kappa shape index (κ2) is 11.0. The van der Waals surface area contributed by atoms with Crippen LogP contribution in [0.4, 0.5) is 11.5 Å². The van der Waals surface area contributed by atoms with E-state index in [4.69, 9.17) is 23.2 Å². The summed E-state index contributed by atoms with van der Waals surface area (Å²) in [6.07, 6.45) is 3.84. The zero-order chi connectivity index (χ0) is 21.3. The van der Waals surface area contributed by atoms with Crippen LogP contribution >= 0.6 is 23.2 Å². The van der Waals surface area contributed by atoms with Gasteiger partial charge >= 0.3 is 0 Å². The van der Waals surface area contributed by atoms with E-state index in [2.05, 4.69) is 30.8 Å². The van der Waals surface area contributed by atoms with Crippen LogP contribution in [0.3, 0.4) is 0 Å². The summed E-state index contributed by atoms with van der Waals surface area (Å²) in [5.41, 5.74) is 0.744. The van der Waals surface area contributed by atoms with Gasteiger partial charge in [-0.25, -0.2) is 4.98 Å². The van der Waals surface area contributed by atoms with Crippen LogP contribution in [0.2, 0.25) is 10.0 Å². The van der Waals surface area contributed by atoms with Gasteiger partial charge < -0.3 is 20.9 Å². The van der Waals surface area contributed by atoms with E-state index in [0.29, 0.717) is 29.4 Å². The van der Waals surface area contributed by atoms with Crippen molar-refractivity contribution in [2.24, 2.45) is 4.99 Å². The van der Waals surface area contributed by atoms with Crippen LogP contribution in [0.25, 0.3) is 0 Å². The van der Waals surface area contributed by atoms with Gasteiger partial charge in [0.05, 0.1) is 5.02 Å². The molecular formula is C21H26Cl2N6O. The predicted molar refractivity (Wildman–Crippen MR) is 124 cm³/mol. The lowest BCUT2D eigenvalue weighted by atomic mass is 10.2. The highest BCUT2D eigenvalue weighted by atomic mass is 35.5. The molecule has 2 heterocycles. The van der Waals surface area contributed by atoms with Gasteiger partial charge in [-0.2, -0.15) is 0 Å². The van der Waals surface area contributed by atoms with Gasteiger partial charge in [0.1, 0.15) is 5.82 Å². The van der Waals surface area contributed by atoms with Crippen LogP contribution in [0.15, 0.2) is 47.6 Å². The Morgan fingerprint density at radius 2 is 2.07 bits per heavy atom. The topological polar surface area (TPSA) is 81.6 Å². The first-order valence-electron chi connectivity index (χ1n) is 9.93. The van der Waals surface area contributed by atoms with E-state index in [-0.39, 0.29) is 11.9 Å². The first-order chi connectivity index (χ1) is 14.5. The SMILES string of the molecule is CN=C(NCCCC(=O)Nc1ccc(Cl)cc1)NC1CCN(c2ncccc2Cl)C1. The molecule has 3 rings (SSSR count). The molecule has 1 fully saturated rings. The standard InChI is InChI=1S/C21H26Cl2N6O/c1-24-21(26-12-3-5-19(30)27-16-8-6-15(22)7-9-16)28-17-10-13-29(14-17)20-18(23)4-2-11-25-20/h2,4,6-9,11,17H,3,5,10,12-14H2,1H3,(H,27,30)(H2,24,26,28). The summed E-state index contributed by atoms with van der Waals surface area (Å²) in [4.78, 5) is 22.9. The van der Waals surface area contributed by atoms with Crippen LogP contribution < -0.4 is 20.9 Å². The number of hydrogen-bond donors (Lipinski definition) is 3. The van der Waals surface area contributed by atoms with Crippen LogP contribution in [-0.2, 0) is 4.79 Å². The van der Waals surface area contributed by atoms with Crippen molar-refractivity contribution in [3.8, 4) is 0 Å². The summed E-state index contributed by atoms with van der Waals surface area (Å²) in [7, 11) is 1.74. The molecule has 1 atom stereocenters. The maximum absolute atomic E-state index is 12.0. The van der Waals surface area contributed by atoms with Gasteiger partial charge in [0, 0.05) is 56.1 Å². The molecule has 2 aromatic rings. The Morgan fingerprint density at radius 3 is 2.80 bits per heavy atom. The molecule has 1 aromatic heterocycles. The lowest BCUT2D eigenvalue weighted by Crippen LogP contribution is -2.45. The number of carbonyl (C=O) groups is 1. The van der Waals surface area contributed by atoms with Gasteiger partial charge in [0.25, 0.3) is 0 Å². The zero-order valence-electron chi connectivity index (χ0n) is 16.9. The van der Waals surface area contributed by atoms with Crippen molar-refractivity contribution in [1.29, 1.82) is 0 Å². The maximum Gasteiger partial charge on any atom is 0.224 e. The number of rotatable bonds is 7. The summed E-state index contributed by atoms with van der Waals surface area (Å²) in [6, 6.07) is 11.0. The Bertz CT molecular complexity index is 874. The largest absolute Gasteiger partial charge is 0.356 e. The molecule has 0 spiro atoms. The molecule has 0 aliphatic carbocycles. The molecular weight excluding hydrogens is 423 g/mol. The highest BCUT2D eigenvalue weighted by Crippen LogP contribution is 2.25. The van der Waals surface area contributed by atoms with Crippen molar-refractivity contribution < 1.29 is 4.79 Å². The second-order valence-corrected chi connectivity index (χ2v) is 7.89. The number of aliphatic imine (C=N–C) groups is 1. The highest BCUT2D eigenvalue weighted by Gasteiger charge is 2.25. The molecule has 7 nitrogen and oxygen atoms in total. The minimum Gasteiger partial charge on any atom is -0.356 e. The van der Waals surface area contributed by atoms with Crippen molar-refractivity contribution >= 4 is 46.6 Å². The lowest BCUT2D eigenvalue weighted by molar-refractivity contribution is -0.116. The molecule has 30 heavy (non-hydrogen) atoms. The average Bonchev–Trinajstić information content (AvgIpc) is 3.20. The van der Waals surface area contributed by atoms with Gasteiger partial charge in [-0.05, 0) is 49.2 Å². The number of hydrogen-bond acceptors (Lipinski definition) is 4. The lowest BCUT2D eigenvalue weighted by Gasteiger charge is -2.20. The van der Waals surface area contributed by atoms with Crippen molar-refractivity contribution in [2.45, 2.75) is 25.3 Å². The normalized spacial score (nSPS) is 16.4. The van der Waals surface area contributed by atoms with E-state index in [0.717, 1.165) is 37.0 Å². The zero-order valence-corrected chi connectivity index (χ0v) is 18.4. The molecule has 1 saturated heterocycles. The minimum absolute atomic E-state index is 0.0271. The van der Waals surface area contributed by atoms with E-state index in [1.54, 1.807) is 37.5 Å². The minimum atomic E-state index is -0.0271. The smallest absolute Gasteiger partial charge is 0.224 e. The number of benzene rings is 1. The van der Waals surface area contributed by atoms with Crippen LogP contribution in [0.1, 0.15) is 19.3 Å². The number of anilines is 2. The summed E-state index contributed by atoms with van der Waals surface area (Å²) in [5.74, 6) is 1.52. The van der Waals surface area contributed by atoms with Crippen LogP contribution in [0, 0.1) is 0 Å². The van der Waals surface area contributed by atoms with E-state index in [9.17, 15) is 4.79 Å². The van der Waals surface area contributed by atoms with Gasteiger partial charge in [-0.3, -0.25) is 9.79 Å². The van der Waals surface area contributed by atoms with Crippen molar-refractivity contribution in [1.82, 2.24) is 15.6 Å². The number of nitrogens with one attached hydrogen (secondary N) is 3.